The van der Waals surface area contributed by atoms with Crippen LogP contribution in [-0.4, -0.2) is 33.8 Å². The van der Waals surface area contributed by atoms with Gasteiger partial charge in [-0.1, -0.05) is 91.0 Å². The molecule has 0 radical (unpaired) electrons. The van der Waals surface area contributed by atoms with Crippen molar-refractivity contribution < 1.29 is 12.3 Å². The Hall–Kier alpha value is -1.59. The SMILES string of the molecule is C[Si](C)(C)O[Si](C)(O[Si](O[Si](C)(C)C)(c1ccccc1)c1ccccc1)c1ccccc1. The van der Waals surface area contributed by atoms with Gasteiger partial charge in [-0.2, -0.15) is 0 Å². The fourth-order valence-corrected chi connectivity index (χ4v) is 20.5. The van der Waals surface area contributed by atoms with Crippen LogP contribution in [0.15, 0.2) is 91.0 Å². The van der Waals surface area contributed by atoms with E-state index < -0.39 is 33.8 Å². The van der Waals surface area contributed by atoms with Gasteiger partial charge in [0.15, 0.2) is 16.6 Å². The number of hydrogen-bond acceptors (Lipinski definition) is 3. The molecule has 0 N–H and O–H groups in total. The smallest absolute Gasteiger partial charge is 0.388 e. The topological polar surface area (TPSA) is 27.7 Å². The van der Waals surface area contributed by atoms with Crippen molar-refractivity contribution in [2.45, 2.75) is 45.8 Å². The highest BCUT2D eigenvalue weighted by Gasteiger charge is 2.53. The summed E-state index contributed by atoms with van der Waals surface area (Å²) >= 11 is 0. The molecule has 32 heavy (non-hydrogen) atoms. The molecule has 0 aliphatic heterocycles. The molecule has 0 saturated carbocycles. The average Bonchev–Trinajstić information content (AvgIpc) is 2.73. The van der Waals surface area contributed by atoms with Crippen molar-refractivity contribution >= 4 is 49.3 Å². The first-order valence-electron chi connectivity index (χ1n) is 11.2. The molecular formula is C25H36O3Si4. The molecule has 0 aliphatic rings. The summed E-state index contributed by atoms with van der Waals surface area (Å²) in [5, 5.41) is 3.40. The van der Waals surface area contributed by atoms with Crippen LogP contribution in [0.5, 0.6) is 0 Å². The van der Waals surface area contributed by atoms with Crippen LogP contribution in [0.3, 0.4) is 0 Å². The molecule has 0 spiro atoms. The van der Waals surface area contributed by atoms with Gasteiger partial charge in [-0.25, -0.2) is 0 Å². The summed E-state index contributed by atoms with van der Waals surface area (Å²) in [6.45, 7) is 15.6. The summed E-state index contributed by atoms with van der Waals surface area (Å²) in [6.07, 6.45) is 0. The van der Waals surface area contributed by atoms with E-state index in [0.29, 0.717) is 0 Å². The van der Waals surface area contributed by atoms with E-state index in [0.717, 1.165) is 15.6 Å². The average molecular weight is 497 g/mol. The van der Waals surface area contributed by atoms with Crippen molar-refractivity contribution in [3.63, 3.8) is 0 Å². The third-order valence-electron chi connectivity index (χ3n) is 4.90. The quantitative estimate of drug-likeness (QED) is 0.393. The molecule has 1 atom stereocenters. The molecule has 3 aromatic rings. The second-order valence-electron chi connectivity index (χ2n) is 10.2. The molecule has 1 unspecified atom stereocenters. The number of hydrogen-bond donors (Lipinski definition) is 0. The molecule has 0 saturated heterocycles. The lowest BCUT2D eigenvalue weighted by Crippen LogP contribution is -2.73. The first-order chi connectivity index (χ1) is 14.9. The second kappa shape index (κ2) is 9.72. The largest absolute Gasteiger partial charge is 0.433 e. The Bertz CT molecular complexity index is 947. The van der Waals surface area contributed by atoms with Crippen molar-refractivity contribution in [3.05, 3.63) is 91.0 Å². The summed E-state index contributed by atoms with van der Waals surface area (Å²) in [4.78, 5) is 0. The zero-order valence-electron chi connectivity index (χ0n) is 20.4. The van der Waals surface area contributed by atoms with Crippen LogP contribution in [0.2, 0.25) is 45.8 Å². The van der Waals surface area contributed by atoms with Crippen molar-refractivity contribution in [1.29, 1.82) is 0 Å². The molecule has 7 heteroatoms. The summed E-state index contributed by atoms with van der Waals surface area (Å²) in [6, 6.07) is 31.6. The molecule has 170 valence electrons. The monoisotopic (exact) mass is 496 g/mol. The van der Waals surface area contributed by atoms with Crippen LogP contribution in [0.4, 0.5) is 0 Å². The van der Waals surface area contributed by atoms with Crippen molar-refractivity contribution in [2.75, 3.05) is 0 Å². The van der Waals surface area contributed by atoms with E-state index in [2.05, 4.69) is 131 Å². The minimum atomic E-state index is -3.08. The Morgan fingerprint density at radius 3 is 1.09 bits per heavy atom. The highest BCUT2D eigenvalue weighted by Crippen LogP contribution is 2.25. The summed E-state index contributed by atoms with van der Waals surface area (Å²) < 4.78 is 21.5. The molecule has 0 heterocycles. The van der Waals surface area contributed by atoms with Gasteiger partial charge >= 0.3 is 17.1 Å². The predicted octanol–water partition coefficient (Wildman–Crippen LogP) is 4.94. The molecular weight excluding hydrogens is 461 g/mol. The van der Waals surface area contributed by atoms with Gasteiger partial charge in [-0.15, -0.1) is 0 Å². The van der Waals surface area contributed by atoms with Crippen molar-refractivity contribution in [3.8, 4) is 0 Å². The Morgan fingerprint density at radius 1 is 0.406 bits per heavy atom. The van der Waals surface area contributed by atoms with Gasteiger partial charge < -0.3 is 12.3 Å². The molecule has 0 aliphatic carbocycles. The maximum absolute atomic E-state index is 7.44. The second-order valence-corrected chi connectivity index (χ2v) is 25.9. The highest BCUT2D eigenvalue weighted by atomic mass is 28.5. The van der Waals surface area contributed by atoms with Gasteiger partial charge in [0.1, 0.15) is 0 Å². The molecule has 0 bridgehead atoms. The Kier molecular flexibility index (Phi) is 7.61. The third kappa shape index (κ3) is 6.26. The van der Waals surface area contributed by atoms with Gasteiger partial charge in [0.25, 0.3) is 0 Å². The van der Waals surface area contributed by atoms with Gasteiger partial charge in [0.05, 0.1) is 0 Å². The van der Waals surface area contributed by atoms with Crippen LogP contribution in [0.25, 0.3) is 0 Å². The number of rotatable bonds is 9. The third-order valence-corrected chi connectivity index (χ3v) is 18.8. The molecule has 0 fully saturated rings. The maximum Gasteiger partial charge on any atom is 0.388 e. The Labute approximate surface area is 198 Å². The zero-order chi connectivity index (χ0) is 23.5. The standard InChI is InChI=1S/C25H36O3Si4/c1-29(2,3)26-31(7,23-17-11-8-12-18-23)28-32(27-30(4,5)6,24-19-13-9-14-20-24)25-21-15-10-16-22-25/h8-22H,1-7H3. The minimum Gasteiger partial charge on any atom is -0.433 e. The van der Waals surface area contributed by atoms with E-state index in [1.807, 2.05) is 6.07 Å². The van der Waals surface area contributed by atoms with E-state index >= 15 is 0 Å². The predicted molar refractivity (Wildman–Crippen MR) is 146 cm³/mol. The van der Waals surface area contributed by atoms with Crippen LogP contribution < -0.4 is 15.6 Å². The fourth-order valence-electron chi connectivity index (χ4n) is 3.91. The lowest BCUT2D eigenvalue weighted by Gasteiger charge is -2.44. The van der Waals surface area contributed by atoms with Crippen molar-refractivity contribution in [2.24, 2.45) is 0 Å². The maximum atomic E-state index is 7.44. The lowest BCUT2D eigenvalue weighted by molar-refractivity contribution is 0.349. The summed E-state index contributed by atoms with van der Waals surface area (Å²) in [5.74, 6) is 0. The zero-order valence-corrected chi connectivity index (χ0v) is 24.4. The summed E-state index contributed by atoms with van der Waals surface area (Å²) in [7, 11) is -9.85. The number of benzene rings is 3. The van der Waals surface area contributed by atoms with E-state index in [4.69, 9.17) is 12.3 Å². The summed E-state index contributed by atoms with van der Waals surface area (Å²) in [5.41, 5.74) is 0. The van der Waals surface area contributed by atoms with Gasteiger partial charge in [-0.3, -0.25) is 0 Å². The molecule has 3 rings (SSSR count). The Balaban J connectivity index is 2.28. The first kappa shape index (κ1) is 25.0. The van der Waals surface area contributed by atoms with Crippen LogP contribution in [0, 0.1) is 0 Å². The first-order valence-corrected chi connectivity index (χ1v) is 22.2. The van der Waals surface area contributed by atoms with E-state index in [9.17, 15) is 0 Å². The van der Waals surface area contributed by atoms with Gasteiger partial charge in [-0.05, 0) is 61.4 Å². The van der Waals surface area contributed by atoms with Crippen LogP contribution in [-0.2, 0) is 12.3 Å². The fraction of sp³-hybridized carbons (Fsp3) is 0.280. The van der Waals surface area contributed by atoms with Crippen LogP contribution in [0.1, 0.15) is 0 Å². The minimum absolute atomic E-state index is 1.13. The van der Waals surface area contributed by atoms with Gasteiger partial charge in [0, 0.05) is 0 Å². The van der Waals surface area contributed by atoms with Crippen LogP contribution >= 0.6 is 0 Å². The molecule has 3 nitrogen and oxygen atoms in total. The Morgan fingerprint density at radius 2 is 0.750 bits per heavy atom. The van der Waals surface area contributed by atoms with E-state index in [1.54, 1.807) is 0 Å². The van der Waals surface area contributed by atoms with E-state index in [1.165, 1.54) is 0 Å². The molecule has 0 amide bonds. The highest BCUT2D eigenvalue weighted by molar-refractivity contribution is 7.04. The molecule has 0 aromatic heterocycles. The lowest BCUT2D eigenvalue weighted by atomic mass is 10.4. The molecule has 3 aromatic carbocycles. The van der Waals surface area contributed by atoms with Gasteiger partial charge in [0.2, 0.25) is 0 Å². The van der Waals surface area contributed by atoms with E-state index in [-0.39, 0.29) is 0 Å². The normalized spacial score (nSPS) is 14.7. The van der Waals surface area contributed by atoms with Crippen molar-refractivity contribution in [1.82, 2.24) is 0 Å².